The summed E-state index contributed by atoms with van der Waals surface area (Å²) in [7, 11) is 0. The topological polar surface area (TPSA) is 32.7 Å². The molecule has 0 spiro atoms. The lowest BCUT2D eigenvalue weighted by Gasteiger charge is -2.33. The largest absolute Gasteiger partial charge is 0.311 e. The minimum Gasteiger partial charge on any atom is -0.311 e. The van der Waals surface area contributed by atoms with Crippen molar-refractivity contribution in [3.05, 3.63) is 29.3 Å². The molecule has 1 aliphatic heterocycles. The quantitative estimate of drug-likeness (QED) is 0.757. The van der Waals surface area contributed by atoms with Crippen LogP contribution in [0.3, 0.4) is 0 Å². The molecule has 3 nitrogen and oxygen atoms in total. The number of anilines is 1. The van der Waals surface area contributed by atoms with Gasteiger partial charge in [0.05, 0.1) is 5.88 Å². The van der Waals surface area contributed by atoms with Gasteiger partial charge in [0.15, 0.2) is 5.17 Å². The van der Waals surface area contributed by atoms with Gasteiger partial charge < -0.3 is 4.90 Å². The van der Waals surface area contributed by atoms with Crippen molar-refractivity contribution in [2.75, 3.05) is 10.8 Å². The van der Waals surface area contributed by atoms with Gasteiger partial charge in [-0.25, -0.2) is 0 Å². The summed E-state index contributed by atoms with van der Waals surface area (Å²) in [6.45, 7) is 1.45. The molecule has 78 valence electrons. The number of halogens is 1. The van der Waals surface area contributed by atoms with Crippen LogP contribution in [0, 0.1) is 0 Å². The Kier molecular flexibility index (Phi) is 2.98. The third-order valence-corrected chi connectivity index (χ3v) is 3.15. The van der Waals surface area contributed by atoms with Crippen molar-refractivity contribution in [3.8, 4) is 0 Å². The van der Waals surface area contributed by atoms with E-state index in [9.17, 15) is 4.79 Å². The zero-order valence-electron chi connectivity index (χ0n) is 8.11. The number of carbonyl (C=O) groups is 1. The zero-order chi connectivity index (χ0) is 10.8. The first-order valence-corrected chi connectivity index (χ1v) is 5.78. The highest BCUT2D eigenvalue weighted by molar-refractivity contribution is 8.16. The van der Waals surface area contributed by atoms with Crippen molar-refractivity contribution in [1.82, 2.24) is 0 Å². The van der Waals surface area contributed by atoms with Gasteiger partial charge in [-0.3, -0.25) is 4.79 Å². The molecule has 1 aromatic rings. The average Bonchev–Trinajstić information content (AvgIpc) is 2.16. The van der Waals surface area contributed by atoms with Gasteiger partial charge in [0.1, 0.15) is 0 Å². The minimum atomic E-state index is -0.170. The van der Waals surface area contributed by atoms with Crippen LogP contribution in [0.25, 0.3) is 0 Å². The van der Waals surface area contributed by atoms with Crippen molar-refractivity contribution in [2.45, 2.75) is 6.92 Å². The maximum atomic E-state index is 10.8. The van der Waals surface area contributed by atoms with Crippen LogP contribution >= 0.6 is 23.4 Å². The number of rotatable bonds is 1. The molecule has 1 amide bonds. The number of nitrogens with zero attached hydrogens (tertiary/aromatic N) is 2. The fourth-order valence-electron chi connectivity index (χ4n) is 1.22. The Balaban J connectivity index is 2.19. The predicted octanol–water partition coefficient (Wildman–Crippen LogP) is 2.75. The summed E-state index contributed by atoms with van der Waals surface area (Å²) < 4.78 is 0. The van der Waals surface area contributed by atoms with Crippen molar-refractivity contribution in [2.24, 2.45) is 4.99 Å². The summed E-state index contributed by atoms with van der Waals surface area (Å²) in [5.74, 6) is 0.657. The number of aliphatic imine (C=N–C) groups is 1. The van der Waals surface area contributed by atoms with E-state index in [-0.39, 0.29) is 5.91 Å². The van der Waals surface area contributed by atoms with Gasteiger partial charge >= 0.3 is 0 Å². The van der Waals surface area contributed by atoms with E-state index in [4.69, 9.17) is 11.6 Å². The maximum Gasteiger partial charge on any atom is 0.244 e. The Morgan fingerprint density at radius 3 is 2.60 bits per heavy atom. The van der Waals surface area contributed by atoms with Crippen LogP contribution in [0.5, 0.6) is 0 Å². The monoisotopic (exact) mass is 240 g/mol. The molecular weight excluding hydrogens is 232 g/mol. The first-order chi connectivity index (χ1) is 7.16. The van der Waals surface area contributed by atoms with E-state index in [0.29, 0.717) is 5.02 Å². The van der Waals surface area contributed by atoms with Crippen LogP contribution in [0.15, 0.2) is 29.3 Å². The molecule has 0 radical (unpaired) electrons. The van der Waals surface area contributed by atoms with Gasteiger partial charge in [0.25, 0.3) is 0 Å². The highest BCUT2D eigenvalue weighted by atomic mass is 35.5. The van der Waals surface area contributed by atoms with Gasteiger partial charge in [0, 0.05) is 17.6 Å². The second-order valence-corrected chi connectivity index (χ2v) is 4.44. The normalized spacial score (nSPS) is 17.7. The lowest BCUT2D eigenvalue weighted by molar-refractivity contribution is -0.115. The van der Waals surface area contributed by atoms with Crippen LogP contribution in [-0.2, 0) is 4.79 Å². The lowest BCUT2D eigenvalue weighted by Crippen LogP contribution is -2.38. The summed E-state index contributed by atoms with van der Waals surface area (Å²) in [5.41, 5.74) is 1.01. The molecule has 0 aliphatic carbocycles. The second-order valence-electron chi connectivity index (χ2n) is 3.09. The molecule has 1 heterocycles. The van der Waals surface area contributed by atoms with Crippen molar-refractivity contribution in [1.29, 1.82) is 0 Å². The minimum absolute atomic E-state index is 0.170. The summed E-state index contributed by atoms with van der Waals surface area (Å²) in [4.78, 5) is 16.7. The lowest BCUT2D eigenvalue weighted by atomic mass is 10.3. The Labute approximate surface area is 97.1 Å². The molecule has 1 fully saturated rings. The number of benzene rings is 1. The van der Waals surface area contributed by atoms with E-state index < -0.39 is 0 Å². The fourth-order valence-corrected chi connectivity index (χ4v) is 2.17. The first kappa shape index (κ1) is 10.5. The van der Waals surface area contributed by atoms with E-state index in [1.54, 1.807) is 11.8 Å². The standard InChI is InChI=1S/C10H9ClN2OS/c1-7(14)12-10-13(6-15-10)9-4-2-8(11)3-5-9/h2-5H,6H2,1H3. The Bertz CT molecular complexity index is 416. The van der Waals surface area contributed by atoms with Gasteiger partial charge in [-0.1, -0.05) is 23.4 Å². The maximum absolute atomic E-state index is 10.8. The van der Waals surface area contributed by atoms with Crippen LogP contribution in [0.4, 0.5) is 5.69 Å². The smallest absolute Gasteiger partial charge is 0.244 e. The van der Waals surface area contributed by atoms with E-state index in [2.05, 4.69) is 4.99 Å². The van der Waals surface area contributed by atoms with Gasteiger partial charge in [-0.05, 0) is 24.3 Å². The summed E-state index contributed by atoms with van der Waals surface area (Å²) in [6.07, 6.45) is 0. The van der Waals surface area contributed by atoms with Crippen LogP contribution in [0.2, 0.25) is 5.02 Å². The number of hydrogen-bond acceptors (Lipinski definition) is 2. The number of hydrogen-bond donors (Lipinski definition) is 0. The summed E-state index contributed by atoms with van der Waals surface area (Å²) >= 11 is 7.35. The van der Waals surface area contributed by atoms with E-state index >= 15 is 0 Å². The van der Waals surface area contributed by atoms with Gasteiger partial charge in [0.2, 0.25) is 5.91 Å². The molecule has 1 aliphatic rings. The average molecular weight is 241 g/mol. The van der Waals surface area contributed by atoms with Crippen molar-refractivity contribution < 1.29 is 4.79 Å². The highest BCUT2D eigenvalue weighted by Gasteiger charge is 2.24. The second kappa shape index (κ2) is 4.24. The molecule has 15 heavy (non-hydrogen) atoms. The Hall–Kier alpha value is -1.00. The number of amidine groups is 1. The molecule has 0 unspecified atom stereocenters. The van der Waals surface area contributed by atoms with Crippen LogP contribution in [-0.4, -0.2) is 17.0 Å². The third kappa shape index (κ3) is 2.33. The molecule has 1 aromatic carbocycles. The van der Waals surface area contributed by atoms with Crippen molar-refractivity contribution >= 4 is 40.1 Å². The molecule has 2 rings (SSSR count). The molecular formula is C10H9ClN2OS. The van der Waals surface area contributed by atoms with E-state index in [1.807, 2.05) is 29.2 Å². The highest BCUT2D eigenvalue weighted by Crippen LogP contribution is 2.30. The number of amides is 1. The fraction of sp³-hybridized carbons (Fsp3) is 0.200. The molecule has 0 aromatic heterocycles. The molecule has 0 bridgehead atoms. The molecule has 5 heteroatoms. The van der Waals surface area contributed by atoms with E-state index in [1.165, 1.54) is 6.92 Å². The molecule has 0 saturated carbocycles. The predicted molar refractivity (Wildman–Crippen MR) is 64.5 cm³/mol. The molecule has 0 N–H and O–H groups in total. The summed E-state index contributed by atoms with van der Waals surface area (Å²) in [6, 6.07) is 7.48. The van der Waals surface area contributed by atoms with Crippen molar-refractivity contribution in [3.63, 3.8) is 0 Å². The van der Waals surface area contributed by atoms with Gasteiger partial charge in [-0.2, -0.15) is 4.99 Å². The zero-order valence-corrected chi connectivity index (χ0v) is 9.68. The third-order valence-electron chi connectivity index (χ3n) is 1.95. The van der Waals surface area contributed by atoms with Gasteiger partial charge in [-0.15, -0.1) is 0 Å². The summed E-state index contributed by atoms with van der Waals surface area (Å²) in [5, 5.41) is 1.46. The molecule has 1 saturated heterocycles. The van der Waals surface area contributed by atoms with Crippen LogP contribution in [0.1, 0.15) is 6.92 Å². The SMILES string of the molecule is CC(=O)N=C1SCN1c1ccc(Cl)cc1. The number of carbonyl (C=O) groups excluding carboxylic acids is 1. The number of thioether (sulfide) groups is 1. The Morgan fingerprint density at radius 1 is 1.47 bits per heavy atom. The van der Waals surface area contributed by atoms with E-state index in [0.717, 1.165) is 16.7 Å². The molecule has 0 atom stereocenters. The first-order valence-electron chi connectivity index (χ1n) is 4.42. The Morgan fingerprint density at radius 2 is 2.13 bits per heavy atom. The van der Waals surface area contributed by atoms with Crippen LogP contribution < -0.4 is 4.90 Å².